The Balaban J connectivity index is 1.76. The van der Waals surface area contributed by atoms with Crippen LogP contribution in [0.2, 0.25) is 0 Å². The van der Waals surface area contributed by atoms with Crippen molar-refractivity contribution in [3.05, 3.63) is 70.8 Å². The van der Waals surface area contributed by atoms with Crippen LogP contribution >= 0.6 is 0 Å². The molecule has 6 heteroatoms. The molecule has 2 aliphatic rings. The van der Waals surface area contributed by atoms with Crippen molar-refractivity contribution >= 4 is 46.4 Å². The highest BCUT2D eigenvalue weighted by molar-refractivity contribution is 5.78. The van der Waals surface area contributed by atoms with Gasteiger partial charge in [-0.05, 0) is 73.7 Å². The average Bonchev–Trinajstić information content (AvgIpc) is 3.51. The molecule has 30 heavy (non-hydrogen) atoms. The first-order valence-corrected chi connectivity index (χ1v) is 9.97. The summed E-state index contributed by atoms with van der Waals surface area (Å²) >= 11 is 0. The lowest BCUT2D eigenvalue weighted by Crippen LogP contribution is -2.03. The molecule has 0 aliphatic carbocycles. The minimum absolute atomic E-state index is 0.00652. The van der Waals surface area contributed by atoms with E-state index in [1.54, 1.807) is 0 Å². The first-order chi connectivity index (χ1) is 14.7. The van der Waals surface area contributed by atoms with Gasteiger partial charge >= 0.3 is 0 Å². The number of nitrogens with zero attached hydrogens (tertiary/aromatic N) is 2. The zero-order valence-electron chi connectivity index (χ0n) is 16.6. The summed E-state index contributed by atoms with van der Waals surface area (Å²) in [7, 11) is 0. The second kappa shape index (κ2) is 7.74. The van der Waals surface area contributed by atoms with Gasteiger partial charge in [0, 0.05) is 27.6 Å². The van der Waals surface area contributed by atoms with Crippen molar-refractivity contribution in [3.8, 4) is 0 Å². The molecule has 5 rings (SSSR count). The molecule has 0 amide bonds. The molecular formula is C24H22N4O2. The zero-order valence-corrected chi connectivity index (χ0v) is 16.6. The molecule has 3 aromatic rings. The third-order valence-electron chi connectivity index (χ3n) is 5.10. The van der Waals surface area contributed by atoms with Crippen LogP contribution in [0.3, 0.4) is 0 Å². The SMILES string of the molecule is CC(OCCO)c1cc2cc3nc(cc4ccc(cc5nc(cc1[nH]2)C=C5)[nH]4)C=C3. The lowest BCUT2D eigenvalue weighted by Gasteiger charge is -2.10. The van der Waals surface area contributed by atoms with Crippen LogP contribution < -0.4 is 0 Å². The Kier molecular flexibility index (Phi) is 4.78. The minimum atomic E-state index is -0.168. The van der Waals surface area contributed by atoms with Gasteiger partial charge in [-0.3, -0.25) is 0 Å². The van der Waals surface area contributed by atoms with Gasteiger partial charge in [-0.2, -0.15) is 0 Å². The van der Waals surface area contributed by atoms with E-state index in [0.29, 0.717) is 6.61 Å². The van der Waals surface area contributed by atoms with Crippen molar-refractivity contribution in [1.29, 1.82) is 0 Å². The molecule has 2 aliphatic heterocycles. The van der Waals surface area contributed by atoms with Crippen molar-refractivity contribution in [3.63, 3.8) is 0 Å². The first kappa shape index (κ1) is 18.5. The van der Waals surface area contributed by atoms with Gasteiger partial charge in [-0.1, -0.05) is 0 Å². The molecule has 0 saturated carbocycles. The molecule has 3 aromatic heterocycles. The number of aliphatic hydroxyl groups is 1. The van der Waals surface area contributed by atoms with Crippen LogP contribution in [0.5, 0.6) is 0 Å². The molecular weight excluding hydrogens is 376 g/mol. The molecule has 0 aromatic carbocycles. The summed E-state index contributed by atoms with van der Waals surface area (Å²) in [5, 5.41) is 9.11. The van der Waals surface area contributed by atoms with E-state index in [-0.39, 0.29) is 12.7 Å². The fourth-order valence-electron chi connectivity index (χ4n) is 3.70. The quantitative estimate of drug-likeness (QED) is 0.409. The van der Waals surface area contributed by atoms with E-state index in [0.717, 1.165) is 50.4 Å². The molecule has 0 spiro atoms. The molecule has 6 nitrogen and oxygen atoms in total. The summed E-state index contributed by atoms with van der Waals surface area (Å²) < 4.78 is 5.75. The van der Waals surface area contributed by atoms with E-state index in [4.69, 9.17) is 19.8 Å². The fraction of sp³-hybridized carbons (Fsp3) is 0.167. The zero-order chi connectivity index (χ0) is 20.5. The Morgan fingerprint density at radius 2 is 1.37 bits per heavy atom. The number of ether oxygens (including phenoxy) is 1. The van der Waals surface area contributed by atoms with Crippen molar-refractivity contribution < 1.29 is 9.84 Å². The summed E-state index contributed by atoms with van der Waals surface area (Å²) in [5.74, 6) is 0. The van der Waals surface area contributed by atoms with Gasteiger partial charge in [0.2, 0.25) is 0 Å². The topological polar surface area (TPSA) is 86.8 Å². The van der Waals surface area contributed by atoms with Gasteiger partial charge in [-0.15, -0.1) is 0 Å². The number of hydrogen-bond acceptors (Lipinski definition) is 4. The van der Waals surface area contributed by atoms with E-state index < -0.39 is 0 Å². The van der Waals surface area contributed by atoms with E-state index in [9.17, 15) is 0 Å². The second-order valence-corrected chi connectivity index (χ2v) is 7.37. The highest BCUT2D eigenvalue weighted by atomic mass is 16.5. The van der Waals surface area contributed by atoms with Gasteiger partial charge in [0.05, 0.1) is 42.1 Å². The normalized spacial score (nSPS) is 13.7. The fourth-order valence-corrected chi connectivity index (χ4v) is 3.70. The van der Waals surface area contributed by atoms with Crippen LogP contribution in [0, 0.1) is 0 Å². The molecule has 0 radical (unpaired) electrons. The predicted molar refractivity (Wildman–Crippen MR) is 120 cm³/mol. The Labute approximate surface area is 173 Å². The van der Waals surface area contributed by atoms with E-state index in [1.807, 2.05) is 67.6 Å². The Morgan fingerprint density at radius 3 is 1.97 bits per heavy atom. The Bertz CT molecular complexity index is 1310. The van der Waals surface area contributed by atoms with Gasteiger partial charge in [0.25, 0.3) is 0 Å². The monoisotopic (exact) mass is 398 g/mol. The van der Waals surface area contributed by atoms with Crippen LogP contribution in [-0.4, -0.2) is 38.3 Å². The second-order valence-electron chi connectivity index (χ2n) is 7.37. The average molecular weight is 398 g/mol. The lowest BCUT2D eigenvalue weighted by atomic mass is 10.1. The Morgan fingerprint density at radius 1 is 0.800 bits per heavy atom. The molecule has 5 heterocycles. The number of nitrogens with one attached hydrogen (secondary N) is 2. The number of hydrogen-bond donors (Lipinski definition) is 3. The number of rotatable bonds is 4. The van der Waals surface area contributed by atoms with Crippen LogP contribution in [0.4, 0.5) is 0 Å². The smallest absolute Gasteiger partial charge is 0.0818 e. The third kappa shape index (κ3) is 3.83. The summed E-state index contributed by atoms with van der Waals surface area (Å²) in [6.45, 7) is 2.27. The van der Waals surface area contributed by atoms with Gasteiger partial charge in [-0.25, -0.2) is 9.97 Å². The molecule has 1 atom stereocenters. The largest absolute Gasteiger partial charge is 0.394 e. The maximum Gasteiger partial charge on any atom is 0.0818 e. The van der Waals surface area contributed by atoms with Gasteiger partial charge < -0.3 is 19.8 Å². The number of aromatic amines is 2. The molecule has 0 saturated heterocycles. The Hall–Kier alpha value is -3.48. The molecule has 1 unspecified atom stereocenters. The van der Waals surface area contributed by atoms with Gasteiger partial charge in [0.15, 0.2) is 0 Å². The van der Waals surface area contributed by atoms with Crippen molar-refractivity contribution in [2.45, 2.75) is 13.0 Å². The summed E-state index contributed by atoms with van der Waals surface area (Å²) in [6.07, 6.45) is 7.83. The first-order valence-electron chi connectivity index (χ1n) is 9.97. The highest BCUT2D eigenvalue weighted by Gasteiger charge is 2.11. The summed E-state index contributed by atoms with van der Waals surface area (Å²) in [6, 6.07) is 14.2. The van der Waals surface area contributed by atoms with Crippen LogP contribution in [0.1, 0.15) is 41.4 Å². The number of aliphatic hydroxyl groups excluding tert-OH is 1. The maximum atomic E-state index is 9.11. The molecule has 8 bridgehead atoms. The summed E-state index contributed by atoms with van der Waals surface area (Å²) in [5.41, 5.74) is 8.40. The van der Waals surface area contributed by atoms with Crippen molar-refractivity contribution in [2.75, 3.05) is 13.2 Å². The number of aromatic nitrogens is 4. The lowest BCUT2D eigenvalue weighted by molar-refractivity contribution is 0.0393. The van der Waals surface area contributed by atoms with Crippen molar-refractivity contribution in [1.82, 2.24) is 19.9 Å². The third-order valence-corrected chi connectivity index (χ3v) is 5.10. The minimum Gasteiger partial charge on any atom is -0.394 e. The van der Waals surface area contributed by atoms with Gasteiger partial charge in [0.1, 0.15) is 0 Å². The molecule has 3 N–H and O–H groups in total. The maximum absolute atomic E-state index is 9.11. The summed E-state index contributed by atoms with van der Waals surface area (Å²) in [4.78, 5) is 16.3. The van der Waals surface area contributed by atoms with Crippen LogP contribution in [-0.2, 0) is 4.74 Å². The predicted octanol–water partition coefficient (Wildman–Crippen LogP) is 4.73. The standard InChI is InChI=1S/C24H22N4O2/c1-15(30-9-8-29)23-13-22-12-20-5-4-18(26-20)10-16-2-3-17(25-16)11-19-6-7-21(27-19)14-24(23)28-22/h2-7,10-15,25,28-29H,8-9H2,1H3. The van der Waals surface area contributed by atoms with E-state index in [1.165, 1.54) is 0 Å². The number of H-pyrrole nitrogens is 2. The molecule has 0 fully saturated rings. The van der Waals surface area contributed by atoms with E-state index in [2.05, 4.69) is 16.0 Å². The number of fused-ring (bicyclic) bond motifs is 8. The van der Waals surface area contributed by atoms with Crippen LogP contribution in [0.25, 0.3) is 46.4 Å². The highest BCUT2D eigenvalue weighted by Crippen LogP contribution is 2.25. The van der Waals surface area contributed by atoms with E-state index >= 15 is 0 Å². The van der Waals surface area contributed by atoms with Crippen molar-refractivity contribution in [2.24, 2.45) is 0 Å². The molecule has 150 valence electrons. The van der Waals surface area contributed by atoms with Crippen LogP contribution in [0.15, 0.2) is 42.5 Å².